The molecule has 1 aromatic carbocycles. The summed E-state index contributed by atoms with van der Waals surface area (Å²) in [6, 6.07) is 8.44. The van der Waals surface area contributed by atoms with Crippen LogP contribution in [-0.2, 0) is 16.1 Å². The lowest BCUT2D eigenvalue weighted by Crippen LogP contribution is -2.16. The van der Waals surface area contributed by atoms with E-state index in [0.29, 0.717) is 5.56 Å². The molecule has 0 saturated carbocycles. The molecule has 2 heterocycles. The SMILES string of the molecule is O=C(C=Cc1cccnc1)OCc1nc(-c2ccc(OC(F)(F)F)cc2)no1. The number of benzene rings is 1. The third-order valence-electron chi connectivity index (χ3n) is 3.25. The van der Waals surface area contributed by atoms with Gasteiger partial charge in [0.25, 0.3) is 5.89 Å². The number of esters is 1. The largest absolute Gasteiger partial charge is 0.573 e. The minimum Gasteiger partial charge on any atom is -0.452 e. The van der Waals surface area contributed by atoms with Crippen molar-refractivity contribution in [2.75, 3.05) is 0 Å². The molecule has 144 valence electrons. The molecule has 2 aromatic heterocycles. The van der Waals surface area contributed by atoms with Crippen molar-refractivity contribution >= 4 is 12.0 Å². The highest BCUT2D eigenvalue weighted by Crippen LogP contribution is 2.25. The van der Waals surface area contributed by atoms with E-state index < -0.39 is 12.3 Å². The fraction of sp³-hybridized carbons (Fsp3) is 0.111. The average molecular weight is 391 g/mol. The van der Waals surface area contributed by atoms with Crippen molar-refractivity contribution in [2.45, 2.75) is 13.0 Å². The lowest BCUT2D eigenvalue weighted by Gasteiger charge is -2.08. The number of aromatic nitrogens is 3. The predicted molar refractivity (Wildman–Crippen MR) is 89.5 cm³/mol. The van der Waals surface area contributed by atoms with Gasteiger partial charge in [0, 0.05) is 24.0 Å². The molecule has 0 spiro atoms. The summed E-state index contributed by atoms with van der Waals surface area (Å²) in [7, 11) is 0. The zero-order valence-corrected chi connectivity index (χ0v) is 14.1. The minimum absolute atomic E-state index is 0.0359. The Kier molecular flexibility index (Phi) is 5.68. The van der Waals surface area contributed by atoms with Crippen LogP contribution in [0.4, 0.5) is 13.2 Å². The maximum Gasteiger partial charge on any atom is 0.573 e. The van der Waals surface area contributed by atoms with Gasteiger partial charge in [-0.3, -0.25) is 4.98 Å². The van der Waals surface area contributed by atoms with E-state index in [1.165, 1.54) is 18.2 Å². The number of hydrogen-bond acceptors (Lipinski definition) is 7. The van der Waals surface area contributed by atoms with E-state index in [9.17, 15) is 18.0 Å². The van der Waals surface area contributed by atoms with Gasteiger partial charge in [0.1, 0.15) is 5.75 Å². The lowest BCUT2D eigenvalue weighted by atomic mass is 10.2. The van der Waals surface area contributed by atoms with Crippen molar-refractivity contribution in [2.24, 2.45) is 0 Å². The number of halogens is 3. The quantitative estimate of drug-likeness (QED) is 0.467. The van der Waals surface area contributed by atoms with Crippen molar-refractivity contribution in [3.8, 4) is 17.1 Å². The summed E-state index contributed by atoms with van der Waals surface area (Å²) in [5.41, 5.74) is 1.14. The molecular formula is C18H12F3N3O4. The van der Waals surface area contributed by atoms with Gasteiger partial charge in [0.2, 0.25) is 5.82 Å². The highest BCUT2D eigenvalue weighted by Gasteiger charge is 2.31. The molecule has 28 heavy (non-hydrogen) atoms. The van der Waals surface area contributed by atoms with E-state index in [-0.39, 0.29) is 24.1 Å². The molecule has 0 aliphatic rings. The van der Waals surface area contributed by atoms with Crippen LogP contribution in [0.25, 0.3) is 17.5 Å². The molecule has 0 saturated heterocycles. The minimum atomic E-state index is -4.77. The Morgan fingerprint density at radius 1 is 1.18 bits per heavy atom. The molecule has 7 nitrogen and oxygen atoms in total. The van der Waals surface area contributed by atoms with E-state index in [1.807, 2.05) is 0 Å². The number of hydrogen-bond donors (Lipinski definition) is 0. The van der Waals surface area contributed by atoms with Gasteiger partial charge >= 0.3 is 12.3 Å². The summed E-state index contributed by atoms with van der Waals surface area (Å²) in [4.78, 5) is 19.6. The first-order chi connectivity index (χ1) is 13.4. The highest BCUT2D eigenvalue weighted by molar-refractivity contribution is 5.86. The molecule has 0 fully saturated rings. The Hall–Kier alpha value is -3.69. The number of alkyl halides is 3. The van der Waals surface area contributed by atoms with E-state index in [1.54, 1.807) is 30.6 Å². The summed E-state index contributed by atoms with van der Waals surface area (Å²) >= 11 is 0. The van der Waals surface area contributed by atoms with E-state index >= 15 is 0 Å². The normalized spacial score (nSPS) is 11.5. The third-order valence-corrected chi connectivity index (χ3v) is 3.25. The highest BCUT2D eigenvalue weighted by atomic mass is 19.4. The van der Waals surface area contributed by atoms with Gasteiger partial charge in [-0.15, -0.1) is 13.2 Å². The number of pyridine rings is 1. The molecular weight excluding hydrogens is 379 g/mol. The molecule has 0 N–H and O–H groups in total. The van der Waals surface area contributed by atoms with Gasteiger partial charge in [0.05, 0.1) is 0 Å². The van der Waals surface area contributed by atoms with Crippen LogP contribution in [0.3, 0.4) is 0 Å². The predicted octanol–water partition coefficient (Wildman–Crippen LogP) is 3.79. The molecule has 0 atom stereocenters. The van der Waals surface area contributed by atoms with Gasteiger partial charge in [-0.1, -0.05) is 11.2 Å². The zero-order chi connectivity index (χ0) is 20.0. The summed E-state index contributed by atoms with van der Waals surface area (Å²) in [5.74, 6) is -0.809. The second-order valence-electron chi connectivity index (χ2n) is 5.31. The summed E-state index contributed by atoms with van der Waals surface area (Å²) in [5, 5.41) is 3.70. The van der Waals surface area contributed by atoms with Gasteiger partial charge in [-0.05, 0) is 42.0 Å². The fourth-order valence-corrected chi connectivity index (χ4v) is 2.06. The standard InChI is InChI=1S/C18H12F3N3O4/c19-18(20,21)27-14-6-4-13(5-7-14)17-23-15(28-24-17)11-26-16(25)8-3-12-2-1-9-22-10-12/h1-10H,11H2. The molecule has 3 rings (SSSR count). The Bertz CT molecular complexity index is 954. The van der Waals surface area contributed by atoms with Gasteiger partial charge in [-0.2, -0.15) is 4.98 Å². The van der Waals surface area contributed by atoms with Crippen LogP contribution in [0.15, 0.2) is 59.4 Å². The molecule has 0 amide bonds. The number of rotatable bonds is 6. The fourth-order valence-electron chi connectivity index (χ4n) is 2.06. The first kappa shape index (κ1) is 19.1. The Morgan fingerprint density at radius 3 is 2.64 bits per heavy atom. The average Bonchev–Trinajstić information content (AvgIpc) is 3.14. The lowest BCUT2D eigenvalue weighted by molar-refractivity contribution is -0.274. The van der Waals surface area contributed by atoms with Crippen molar-refractivity contribution in [1.82, 2.24) is 15.1 Å². The molecule has 0 unspecified atom stereocenters. The second kappa shape index (κ2) is 8.33. The number of carbonyl (C=O) groups is 1. The van der Waals surface area contributed by atoms with Crippen LogP contribution in [0.5, 0.6) is 5.75 Å². The van der Waals surface area contributed by atoms with Gasteiger partial charge in [-0.25, -0.2) is 4.79 Å². The van der Waals surface area contributed by atoms with E-state index in [2.05, 4.69) is 19.9 Å². The Morgan fingerprint density at radius 2 is 1.96 bits per heavy atom. The summed E-state index contributed by atoms with van der Waals surface area (Å²) in [6.45, 7) is -0.252. The van der Waals surface area contributed by atoms with Gasteiger partial charge in [0.15, 0.2) is 6.61 Å². The molecule has 10 heteroatoms. The molecule has 0 aliphatic carbocycles. The van der Waals surface area contributed by atoms with Crippen LogP contribution in [0.1, 0.15) is 11.5 Å². The van der Waals surface area contributed by atoms with Crippen LogP contribution in [-0.4, -0.2) is 27.5 Å². The topological polar surface area (TPSA) is 87.3 Å². The first-order valence-corrected chi connectivity index (χ1v) is 7.83. The van der Waals surface area contributed by atoms with Crippen LogP contribution in [0, 0.1) is 0 Å². The maximum absolute atomic E-state index is 12.2. The summed E-state index contributed by atoms with van der Waals surface area (Å²) in [6.07, 6.45) is 1.20. The first-order valence-electron chi connectivity index (χ1n) is 7.83. The third kappa shape index (κ3) is 5.66. The van der Waals surface area contributed by atoms with Gasteiger partial charge < -0.3 is 14.0 Å². The Balaban J connectivity index is 1.55. The van der Waals surface area contributed by atoms with Crippen LogP contribution < -0.4 is 4.74 Å². The zero-order valence-electron chi connectivity index (χ0n) is 14.1. The molecule has 0 bridgehead atoms. The van der Waals surface area contributed by atoms with Crippen molar-refractivity contribution in [3.63, 3.8) is 0 Å². The maximum atomic E-state index is 12.2. The molecule has 0 radical (unpaired) electrons. The van der Waals surface area contributed by atoms with Crippen molar-refractivity contribution in [1.29, 1.82) is 0 Å². The van der Waals surface area contributed by atoms with Crippen molar-refractivity contribution in [3.05, 3.63) is 66.3 Å². The smallest absolute Gasteiger partial charge is 0.452 e. The van der Waals surface area contributed by atoms with Crippen molar-refractivity contribution < 1.29 is 32.0 Å². The number of nitrogens with zero attached hydrogens (tertiary/aromatic N) is 3. The number of ether oxygens (including phenoxy) is 2. The monoisotopic (exact) mass is 391 g/mol. The van der Waals surface area contributed by atoms with Crippen LogP contribution in [0.2, 0.25) is 0 Å². The molecule has 3 aromatic rings. The molecule has 0 aliphatic heterocycles. The van der Waals surface area contributed by atoms with Crippen LogP contribution >= 0.6 is 0 Å². The Labute approximate surface area is 156 Å². The summed E-state index contributed by atoms with van der Waals surface area (Å²) < 4.78 is 50.2. The van der Waals surface area contributed by atoms with E-state index in [0.717, 1.165) is 17.7 Å². The number of carbonyl (C=O) groups excluding carboxylic acids is 1. The van der Waals surface area contributed by atoms with E-state index in [4.69, 9.17) is 9.26 Å². The second-order valence-corrected chi connectivity index (χ2v) is 5.31.